The Balaban J connectivity index is 1.66. The molecular formula is C20H17ClN2O2S. The van der Waals surface area contributed by atoms with Crippen molar-refractivity contribution in [1.29, 1.82) is 0 Å². The number of hydrogen-bond donors (Lipinski definition) is 1. The van der Waals surface area contributed by atoms with Gasteiger partial charge in [-0.25, -0.2) is 0 Å². The molecule has 2 aromatic carbocycles. The predicted molar refractivity (Wildman–Crippen MR) is 104 cm³/mol. The van der Waals surface area contributed by atoms with Crippen LogP contribution in [0.5, 0.6) is 5.75 Å². The average molecular weight is 385 g/mol. The van der Waals surface area contributed by atoms with E-state index in [2.05, 4.69) is 34.6 Å². The standard InChI is InChI=1S/C20H17ClN2O2S/c1-12-15(9-16-19(18(12)21)25-7-6-23-20(16)24)8-13-2-4-14(5-3-13)17-10-22-11-26-17/h2-5,9-11H,6-8H2,1H3,(H,23,24). The molecule has 4 rings (SSSR count). The zero-order valence-corrected chi connectivity index (χ0v) is 15.8. The monoisotopic (exact) mass is 384 g/mol. The van der Waals surface area contributed by atoms with Crippen molar-refractivity contribution in [1.82, 2.24) is 10.3 Å². The van der Waals surface area contributed by atoms with Crippen LogP contribution in [0.1, 0.15) is 27.0 Å². The van der Waals surface area contributed by atoms with Crippen LogP contribution in [0.3, 0.4) is 0 Å². The van der Waals surface area contributed by atoms with Crippen molar-refractivity contribution >= 4 is 28.8 Å². The first-order chi connectivity index (χ1) is 12.6. The van der Waals surface area contributed by atoms with Gasteiger partial charge in [0.05, 0.1) is 27.5 Å². The fraction of sp³-hybridized carbons (Fsp3) is 0.200. The van der Waals surface area contributed by atoms with Crippen LogP contribution in [0, 0.1) is 6.92 Å². The van der Waals surface area contributed by atoms with Gasteiger partial charge in [0.1, 0.15) is 6.61 Å². The van der Waals surface area contributed by atoms with E-state index in [1.807, 2.05) is 24.7 Å². The van der Waals surface area contributed by atoms with E-state index in [1.165, 1.54) is 0 Å². The lowest BCUT2D eigenvalue weighted by Gasteiger charge is -2.15. The van der Waals surface area contributed by atoms with E-state index >= 15 is 0 Å². The van der Waals surface area contributed by atoms with Gasteiger partial charge in [-0.1, -0.05) is 35.9 Å². The van der Waals surface area contributed by atoms with Crippen molar-refractivity contribution in [2.24, 2.45) is 0 Å². The lowest BCUT2D eigenvalue weighted by Crippen LogP contribution is -2.24. The fourth-order valence-electron chi connectivity index (χ4n) is 3.05. The number of nitrogens with one attached hydrogen (secondary N) is 1. The number of thiazole rings is 1. The van der Waals surface area contributed by atoms with Crippen LogP contribution in [0.25, 0.3) is 10.4 Å². The highest BCUT2D eigenvalue weighted by Gasteiger charge is 2.22. The van der Waals surface area contributed by atoms with Crippen LogP contribution in [0.2, 0.25) is 5.02 Å². The zero-order chi connectivity index (χ0) is 18.1. The molecule has 1 aliphatic rings. The normalized spacial score (nSPS) is 13.5. The summed E-state index contributed by atoms with van der Waals surface area (Å²) in [7, 11) is 0. The Kier molecular flexibility index (Phi) is 4.66. The third kappa shape index (κ3) is 3.20. The summed E-state index contributed by atoms with van der Waals surface area (Å²) in [6.45, 7) is 2.88. The van der Waals surface area contributed by atoms with Gasteiger partial charge in [-0.3, -0.25) is 9.78 Å². The molecule has 1 aliphatic heterocycles. The minimum absolute atomic E-state index is 0.138. The van der Waals surface area contributed by atoms with Gasteiger partial charge < -0.3 is 10.1 Å². The molecule has 6 heteroatoms. The van der Waals surface area contributed by atoms with Gasteiger partial charge in [-0.05, 0) is 41.7 Å². The van der Waals surface area contributed by atoms with Crippen LogP contribution < -0.4 is 10.1 Å². The molecule has 0 bridgehead atoms. The molecule has 3 aromatic rings. The third-order valence-electron chi connectivity index (χ3n) is 4.52. The Bertz CT molecular complexity index is 953. The Hall–Kier alpha value is -2.37. The second kappa shape index (κ2) is 7.09. The molecule has 0 spiro atoms. The number of carbonyl (C=O) groups excluding carboxylic acids is 1. The molecule has 2 heterocycles. The maximum atomic E-state index is 12.3. The highest BCUT2D eigenvalue weighted by atomic mass is 35.5. The summed E-state index contributed by atoms with van der Waals surface area (Å²) in [5.41, 5.74) is 6.63. The molecule has 0 atom stereocenters. The van der Waals surface area contributed by atoms with Crippen molar-refractivity contribution in [3.63, 3.8) is 0 Å². The Labute approximate surface area is 160 Å². The summed E-state index contributed by atoms with van der Waals surface area (Å²) in [4.78, 5) is 17.6. The SMILES string of the molecule is Cc1c(Cc2ccc(-c3cncs3)cc2)cc2c(c1Cl)OCCNC2=O. The Morgan fingerprint density at radius 3 is 2.85 bits per heavy atom. The summed E-state index contributed by atoms with van der Waals surface area (Å²) in [5.74, 6) is 0.352. The summed E-state index contributed by atoms with van der Waals surface area (Å²) in [5, 5.41) is 3.36. The summed E-state index contributed by atoms with van der Waals surface area (Å²) in [6, 6.07) is 10.3. The van der Waals surface area contributed by atoms with E-state index in [4.69, 9.17) is 16.3 Å². The highest BCUT2D eigenvalue weighted by molar-refractivity contribution is 7.13. The van der Waals surface area contributed by atoms with E-state index in [0.29, 0.717) is 35.9 Å². The second-order valence-electron chi connectivity index (χ2n) is 6.20. The number of nitrogens with zero attached hydrogens (tertiary/aromatic N) is 1. The first-order valence-corrected chi connectivity index (χ1v) is 9.60. The molecule has 0 unspecified atom stereocenters. The van der Waals surface area contributed by atoms with Gasteiger partial charge in [-0.2, -0.15) is 0 Å². The smallest absolute Gasteiger partial charge is 0.255 e. The predicted octanol–water partition coefficient (Wildman–Crippen LogP) is 4.48. The third-order valence-corrected chi connectivity index (χ3v) is 5.79. The topological polar surface area (TPSA) is 51.2 Å². The van der Waals surface area contributed by atoms with Gasteiger partial charge in [0.25, 0.3) is 5.91 Å². The first-order valence-electron chi connectivity index (χ1n) is 8.34. The lowest BCUT2D eigenvalue weighted by atomic mass is 9.96. The first kappa shape index (κ1) is 17.1. The molecule has 0 aliphatic carbocycles. The molecular weight excluding hydrogens is 368 g/mol. The molecule has 1 N–H and O–H groups in total. The molecule has 1 aromatic heterocycles. The largest absolute Gasteiger partial charge is 0.489 e. The molecule has 0 saturated carbocycles. The number of carbonyl (C=O) groups is 1. The van der Waals surface area contributed by atoms with Crippen LogP contribution in [-0.2, 0) is 6.42 Å². The van der Waals surface area contributed by atoms with E-state index < -0.39 is 0 Å². The lowest BCUT2D eigenvalue weighted by molar-refractivity contribution is 0.0957. The van der Waals surface area contributed by atoms with Crippen molar-refractivity contribution in [3.8, 4) is 16.2 Å². The molecule has 132 valence electrons. The summed E-state index contributed by atoms with van der Waals surface area (Å²) >= 11 is 8.12. The van der Waals surface area contributed by atoms with Gasteiger partial charge in [-0.15, -0.1) is 11.3 Å². The Morgan fingerprint density at radius 2 is 2.12 bits per heavy atom. The summed E-state index contributed by atoms with van der Waals surface area (Å²) in [6.07, 6.45) is 2.57. The number of fused-ring (bicyclic) bond motifs is 1. The number of rotatable bonds is 3. The minimum atomic E-state index is -0.138. The average Bonchev–Trinajstić information content (AvgIpc) is 3.12. The molecule has 0 fully saturated rings. The number of halogens is 1. The number of amides is 1. The van der Waals surface area contributed by atoms with Gasteiger partial charge in [0, 0.05) is 6.20 Å². The Morgan fingerprint density at radius 1 is 1.31 bits per heavy atom. The molecule has 4 nitrogen and oxygen atoms in total. The second-order valence-corrected chi connectivity index (χ2v) is 7.46. The van der Waals surface area contributed by atoms with Crippen LogP contribution >= 0.6 is 22.9 Å². The minimum Gasteiger partial charge on any atom is -0.489 e. The maximum absolute atomic E-state index is 12.3. The van der Waals surface area contributed by atoms with Crippen LogP contribution in [-0.4, -0.2) is 24.0 Å². The van der Waals surface area contributed by atoms with Crippen molar-refractivity contribution in [2.45, 2.75) is 13.3 Å². The maximum Gasteiger partial charge on any atom is 0.255 e. The number of aromatic nitrogens is 1. The van der Waals surface area contributed by atoms with Crippen LogP contribution in [0.4, 0.5) is 0 Å². The van der Waals surface area contributed by atoms with E-state index in [0.717, 1.165) is 27.1 Å². The van der Waals surface area contributed by atoms with Gasteiger partial charge >= 0.3 is 0 Å². The fourth-order valence-corrected chi connectivity index (χ4v) is 3.96. The van der Waals surface area contributed by atoms with Gasteiger partial charge in [0.2, 0.25) is 0 Å². The van der Waals surface area contributed by atoms with E-state index in [1.54, 1.807) is 11.3 Å². The number of benzene rings is 2. The van der Waals surface area contributed by atoms with Crippen LogP contribution in [0.15, 0.2) is 42.0 Å². The van der Waals surface area contributed by atoms with Crippen molar-refractivity contribution < 1.29 is 9.53 Å². The molecule has 0 saturated heterocycles. The quantitative estimate of drug-likeness (QED) is 0.724. The van der Waals surface area contributed by atoms with E-state index in [9.17, 15) is 4.79 Å². The zero-order valence-electron chi connectivity index (χ0n) is 14.2. The molecule has 1 amide bonds. The summed E-state index contributed by atoms with van der Waals surface area (Å²) < 4.78 is 5.67. The number of hydrogen-bond acceptors (Lipinski definition) is 4. The van der Waals surface area contributed by atoms with Crippen molar-refractivity contribution in [3.05, 3.63) is 69.3 Å². The number of ether oxygens (including phenoxy) is 1. The van der Waals surface area contributed by atoms with Gasteiger partial charge in [0.15, 0.2) is 5.75 Å². The van der Waals surface area contributed by atoms with Crippen molar-refractivity contribution in [2.75, 3.05) is 13.2 Å². The highest BCUT2D eigenvalue weighted by Crippen LogP contribution is 2.36. The van der Waals surface area contributed by atoms with E-state index in [-0.39, 0.29) is 5.91 Å². The molecule has 0 radical (unpaired) electrons. The molecule has 26 heavy (non-hydrogen) atoms.